The lowest BCUT2D eigenvalue weighted by atomic mass is 10.0. The summed E-state index contributed by atoms with van der Waals surface area (Å²) in [5.41, 5.74) is 3.93. The van der Waals surface area contributed by atoms with Crippen LogP contribution in [-0.2, 0) is 10.0 Å². The van der Waals surface area contributed by atoms with E-state index < -0.39 is 10.0 Å². The average Bonchev–Trinajstić information content (AvgIpc) is 3.33. The predicted molar refractivity (Wildman–Crippen MR) is 110 cm³/mol. The summed E-state index contributed by atoms with van der Waals surface area (Å²) in [5.74, 6) is 0. The van der Waals surface area contributed by atoms with E-state index in [-0.39, 0.29) is 10.9 Å². The predicted octanol–water partition coefficient (Wildman–Crippen LogP) is 4.90. The van der Waals surface area contributed by atoms with E-state index in [0.29, 0.717) is 6.42 Å². The Balaban J connectivity index is 1.79. The van der Waals surface area contributed by atoms with Crippen LogP contribution in [0, 0.1) is 13.8 Å². The van der Waals surface area contributed by atoms with Crippen molar-refractivity contribution < 1.29 is 8.42 Å². The maximum Gasteiger partial charge on any atom is 0.279 e. The average molecular weight is 397 g/mol. The number of hydrazone groups is 1. The van der Waals surface area contributed by atoms with E-state index in [2.05, 4.69) is 5.10 Å². The van der Waals surface area contributed by atoms with E-state index in [0.717, 1.165) is 27.3 Å². The molecule has 0 bridgehead atoms. The second kappa shape index (κ2) is 6.94. The standard InChI is InChI=1S/C21H20N2O2S2/c1-15-5-9-17(10-6-15)20-14-19(21-4-3-13-26-21)22-23(20)27(24,25)18-11-7-16(2)8-12-18/h3-13,20H,14H2,1-2H3/t20-/m0/s1. The normalized spacial score (nSPS) is 17.2. The zero-order valence-corrected chi connectivity index (χ0v) is 16.8. The molecule has 3 aromatic rings. The Bertz CT molecular complexity index is 1070. The Labute approximate surface area is 163 Å². The summed E-state index contributed by atoms with van der Waals surface area (Å²) in [4.78, 5) is 1.27. The van der Waals surface area contributed by atoms with Crippen LogP contribution in [0.4, 0.5) is 0 Å². The van der Waals surface area contributed by atoms with Gasteiger partial charge in [0.25, 0.3) is 10.0 Å². The number of benzene rings is 2. The van der Waals surface area contributed by atoms with Gasteiger partial charge in [-0.15, -0.1) is 11.3 Å². The van der Waals surface area contributed by atoms with Gasteiger partial charge in [-0.05, 0) is 43.0 Å². The maximum atomic E-state index is 13.3. The Hall–Kier alpha value is -2.44. The van der Waals surface area contributed by atoms with Crippen LogP contribution in [0.2, 0.25) is 0 Å². The first-order chi connectivity index (χ1) is 12.9. The molecule has 0 saturated carbocycles. The van der Waals surface area contributed by atoms with Crippen LogP contribution < -0.4 is 0 Å². The van der Waals surface area contributed by atoms with E-state index in [1.165, 1.54) is 4.41 Å². The van der Waals surface area contributed by atoms with Crippen molar-refractivity contribution >= 4 is 27.1 Å². The zero-order valence-electron chi connectivity index (χ0n) is 15.2. The number of rotatable bonds is 4. The van der Waals surface area contributed by atoms with Gasteiger partial charge in [0.2, 0.25) is 0 Å². The minimum atomic E-state index is -3.74. The van der Waals surface area contributed by atoms with E-state index in [1.807, 2.05) is 67.8 Å². The molecule has 4 nitrogen and oxygen atoms in total. The molecule has 0 saturated heterocycles. The van der Waals surface area contributed by atoms with Gasteiger partial charge in [0.05, 0.1) is 21.5 Å². The van der Waals surface area contributed by atoms with Crippen molar-refractivity contribution in [3.05, 3.63) is 87.6 Å². The van der Waals surface area contributed by atoms with Gasteiger partial charge >= 0.3 is 0 Å². The van der Waals surface area contributed by atoms with Crippen molar-refractivity contribution in [2.24, 2.45) is 5.10 Å². The molecule has 1 atom stereocenters. The van der Waals surface area contributed by atoms with E-state index in [1.54, 1.807) is 23.5 Å². The van der Waals surface area contributed by atoms with Gasteiger partial charge in [-0.2, -0.15) is 17.9 Å². The molecule has 0 radical (unpaired) electrons. The largest absolute Gasteiger partial charge is 0.279 e. The van der Waals surface area contributed by atoms with Crippen molar-refractivity contribution in [1.29, 1.82) is 0 Å². The molecule has 4 rings (SSSR count). The number of thiophene rings is 1. The van der Waals surface area contributed by atoms with Crippen molar-refractivity contribution in [3.63, 3.8) is 0 Å². The number of sulfonamides is 1. The number of aryl methyl sites for hydroxylation is 2. The molecule has 0 spiro atoms. The van der Waals surface area contributed by atoms with Crippen molar-refractivity contribution in [2.75, 3.05) is 0 Å². The minimum absolute atomic E-state index is 0.265. The lowest BCUT2D eigenvalue weighted by Gasteiger charge is -2.23. The van der Waals surface area contributed by atoms with Gasteiger partial charge < -0.3 is 0 Å². The molecule has 2 heterocycles. The maximum absolute atomic E-state index is 13.3. The summed E-state index contributed by atoms with van der Waals surface area (Å²) >= 11 is 1.58. The second-order valence-corrected chi connectivity index (χ2v) is 9.49. The van der Waals surface area contributed by atoms with Crippen LogP contribution in [0.1, 0.15) is 34.0 Å². The van der Waals surface area contributed by atoms with Gasteiger partial charge in [-0.1, -0.05) is 53.6 Å². The van der Waals surface area contributed by atoms with Gasteiger partial charge in [0.1, 0.15) is 0 Å². The van der Waals surface area contributed by atoms with Crippen LogP contribution in [0.25, 0.3) is 0 Å². The first-order valence-corrected chi connectivity index (χ1v) is 11.1. The smallest absolute Gasteiger partial charge is 0.200 e. The lowest BCUT2D eigenvalue weighted by molar-refractivity contribution is 0.371. The monoisotopic (exact) mass is 396 g/mol. The topological polar surface area (TPSA) is 49.7 Å². The number of nitrogens with zero attached hydrogens (tertiary/aromatic N) is 2. The molecule has 1 aliphatic heterocycles. The first kappa shape index (κ1) is 17.9. The van der Waals surface area contributed by atoms with Crippen LogP contribution in [0.5, 0.6) is 0 Å². The van der Waals surface area contributed by atoms with Crippen LogP contribution in [-0.4, -0.2) is 18.5 Å². The first-order valence-electron chi connectivity index (χ1n) is 8.74. The van der Waals surface area contributed by atoms with Gasteiger partial charge in [0.15, 0.2) is 0 Å². The summed E-state index contributed by atoms with van der Waals surface area (Å²) in [5, 5.41) is 6.54. The Morgan fingerprint density at radius 1 is 0.963 bits per heavy atom. The highest BCUT2D eigenvalue weighted by atomic mass is 32.2. The van der Waals surface area contributed by atoms with Gasteiger partial charge in [0, 0.05) is 6.42 Å². The fraction of sp³-hybridized carbons (Fsp3) is 0.190. The third-order valence-electron chi connectivity index (χ3n) is 4.71. The molecule has 2 aromatic carbocycles. The van der Waals surface area contributed by atoms with Crippen molar-refractivity contribution in [3.8, 4) is 0 Å². The minimum Gasteiger partial charge on any atom is -0.200 e. The van der Waals surface area contributed by atoms with Gasteiger partial charge in [-0.3, -0.25) is 0 Å². The number of hydrogen-bond donors (Lipinski definition) is 0. The summed E-state index contributed by atoms with van der Waals surface area (Å²) in [6.45, 7) is 3.96. The van der Waals surface area contributed by atoms with E-state index in [9.17, 15) is 8.42 Å². The Kier molecular flexibility index (Phi) is 4.61. The quantitative estimate of drug-likeness (QED) is 0.629. The fourth-order valence-electron chi connectivity index (χ4n) is 3.16. The summed E-state index contributed by atoms with van der Waals surface area (Å²) in [6, 6.07) is 18.5. The zero-order chi connectivity index (χ0) is 19.0. The molecule has 1 aromatic heterocycles. The molecule has 0 aliphatic carbocycles. The Morgan fingerprint density at radius 2 is 1.59 bits per heavy atom. The highest BCUT2D eigenvalue weighted by Gasteiger charge is 2.37. The van der Waals surface area contributed by atoms with Crippen molar-refractivity contribution in [2.45, 2.75) is 31.2 Å². The SMILES string of the molecule is Cc1ccc([C@@H]2CC(c3cccs3)=NN2S(=O)(=O)c2ccc(C)cc2)cc1. The molecular formula is C21H20N2O2S2. The molecule has 0 amide bonds. The molecular weight excluding hydrogens is 376 g/mol. The summed E-state index contributed by atoms with van der Waals surface area (Å²) in [6.07, 6.45) is 0.564. The molecule has 1 aliphatic rings. The summed E-state index contributed by atoms with van der Waals surface area (Å²) < 4.78 is 28.0. The van der Waals surface area contributed by atoms with Crippen LogP contribution >= 0.6 is 11.3 Å². The molecule has 0 unspecified atom stereocenters. The van der Waals surface area contributed by atoms with Crippen LogP contribution in [0.15, 0.2) is 76.0 Å². The third kappa shape index (κ3) is 3.42. The third-order valence-corrected chi connectivity index (χ3v) is 7.32. The summed E-state index contributed by atoms with van der Waals surface area (Å²) in [7, 11) is -3.74. The highest BCUT2D eigenvalue weighted by molar-refractivity contribution is 7.89. The van der Waals surface area contributed by atoms with E-state index >= 15 is 0 Å². The Morgan fingerprint density at radius 3 is 2.19 bits per heavy atom. The highest BCUT2D eigenvalue weighted by Crippen LogP contribution is 2.37. The van der Waals surface area contributed by atoms with Gasteiger partial charge in [-0.25, -0.2) is 0 Å². The lowest BCUT2D eigenvalue weighted by Crippen LogP contribution is -2.27. The fourth-order valence-corrected chi connectivity index (χ4v) is 5.31. The van der Waals surface area contributed by atoms with E-state index in [4.69, 9.17) is 0 Å². The van der Waals surface area contributed by atoms with Crippen molar-refractivity contribution in [1.82, 2.24) is 4.41 Å². The number of hydrogen-bond acceptors (Lipinski definition) is 4. The molecule has 27 heavy (non-hydrogen) atoms. The molecule has 0 fully saturated rings. The molecule has 6 heteroatoms. The second-order valence-electron chi connectivity index (χ2n) is 6.75. The van der Waals surface area contributed by atoms with Crippen LogP contribution in [0.3, 0.4) is 0 Å². The molecule has 0 N–H and O–H groups in total. The molecule has 138 valence electrons.